The maximum absolute atomic E-state index is 11.6. The normalized spacial score (nSPS) is 12.1. The summed E-state index contributed by atoms with van der Waals surface area (Å²) in [7, 11) is 1.60. The van der Waals surface area contributed by atoms with Crippen LogP contribution in [-0.4, -0.2) is 37.5 Å². The molecule has 0 radical (unpaired) electrons. The van der Waals surface area contributed by atoms with Gasteiger partial charge in [-0.2, -0.15) is 0 Å². The van der Waals surface area contributed by atoms with Gasteiger partial charge in [0.25, 0.3) is 0 Å². The molecular weight excluding hydrogens is 230 g/mol. The highest BCUT2D eigenvalue weighted by Gasteiger charge is 2.26. The summed E-state index contributed by atoms with van der Waals surface area (Å²) in [5.41, 5.74) is -0.566. The zero-order chi connectivity index (χ0) is 14.4. The maximum Gasteiger partial charge on any atom is 0.227 e. The van der Waals surface area contributed by atoms with Crippen molar-refractivity contribution < 1.29 is 9.59 Å². The van der Waals surface area contributed by atoms with Gasteiger partial charge in [-0.25, -0.2) is 0 Å². The van der Waals surface area contributed by atoms with E-state index in [1.807, 2.05) is 0 Å². The number of rotatable bonds is 6. The van der Waals surface area contributed by atoms with Gasteiger partial charge in [0, 0.05) is 32.1 Å². The minimum atomic E-state index is -0.581. The second-order valence-corrected chi connectivity index (χ2v) is 6.17. The van der Waals surface area contributed by atoms with Gasteiger partial charge in [-0.1, -0.05) is 0 Å². The topological polar surface area (TPSA) is 70.2 Å². The quantitative estimate of drug-likeness (QED) is 0.654. The molecule has 0 fully saturated rings. The third kappa shape index (κ3) is 7.27. The van der Waals surface area contributed by atoms with Crippen molar-refractivity contribution in [1.82, 2.24) is 16.0 Å². The third-order valence-corrected chi connectivity index (χ3v) is 2.58. The highest BCUT2D eigenvalue weighted by molar-refractivity contribution is 5.83. The summed E-state index contributed by atoms with van der Waals surface area (Å²) >= 11 is 0. The van der Waals surface area contributed by atoms with Gasteiger partial charge < -0.3 is 16.0 Å². The van der Waals surface area contributed by atoms with Crippen molar-refractivity contribution >= 4 is 11.8 Å². The van der Waals surface area contributed by atoms with E-state index < -0.39 is 5.41 Å². The van der Waals surface area contributed by atoms with E-state index in [0.717, 1.165) is 0 Å². The Kier molecular flexibility index (Phi) is 6.32. The average molecular weight is 257 g/mol. The zero-order valence-electron chi connectivity index (χ0n) is 12.4. The van der Waals surface area contributed by atoms with Crippen molar-refractivity contribution in [3.05, 3.63) is 0 Å². The Morgan fingerprint density at radius 3 is 2.06 bits per heavy atom. The molecule has 0 heterocycles. The lowest BCUT2D eigenvalue weighted by Gasteiger charge is -2.23. The van der Waals surface area contributed by atoms with E-state index in [1.54, 1.807) is 20.9 Å². The van der Waals surface area contributed by atoms with Crippen LogP contribution in [0, 0.1) is 5.41 Å². The molecule has 0 aromatic heterocycles. The number of hydrogen-bond donors (Lipinski definition) is 3. The molecule has 0 rings (SSSR count). The fraction of sp³-hybridized carbons (Fsp3) is 0.846. The van der Waals surface area contributed by atoms with Gasteiger partial charge in [-0.05, 0) is 34.6 Å². The smallest absolute Gasteiger partial charge is 0.227 e. The Bertz CT molecular complexity index is 293. The first kappa shape index (κ1) is 16.9. The van der Waals surface area contributed by atoms with Crippen LogP contribution in [0.25, 0.3) is 0 Å². The summed E-state index contributed by atoms with van der Waals surface area (Å²) < 4.78 is 0. The van der Waals surface area contributed by atoms with Crippen LogP contribution >= 0.6 is 0 Å². The van der Waals surface area contributed by atoms with Gasteiger partial charge in [-0.3, -0.25) is 9.59 Å². The van der Waals surface area contributed by atoms with Crippen LogP contribution in [0.5, 0.6) is 0 Å². The van der Waals surface area contributed by atoms with Crippen LogP contribution in [0.1, 0.15) is 41.0 Å². The summed E-state index contributed by atoms with van der Waals surface area (Å²) in [6, 6.07) is 0. The third-order valence-electron chi connectivity index (χ3n) is 2.58. The zero-order valence-corrected chi connectivity index (χ0v) is 12.4. The Morgan fingerprint density at radius 1 is 1.06 bits per heavy atom. The fourth-order valence-corrected chi connectivity index (χ4v) is 1.38. The molecule has 0 saturated heterocycles. The first-order valence-electron chi connectivity index (χ1n) is 6.32. The standard InChI is InChI=1S/C13H27N3O2/c1-12(2,3)16-8-7-10(17)15-9-13(4,5)11(18)14-6/h16H,7-9H2,1-6H3,(H,14,18)(H,15,17). The molecular formula is C13H27N3O2. The lowest BCUT2D eigenvalue weighted by Crippen LogP contribution is -2.44. The molecule has 0 unspecified atom stereocenters. The lowest BCUT2D eigenvalue weighted by molar-refractivity contribution is -0.129. The van der Waals surface area contributed by atoms with Crippen LogP contribution in [-0.2, 0) is 9.59 Å². The number of hydrogen-bond acceptors (Lipinski definition) is 3. The minimum Gasteiger partial charge on any atom is -0.359 e. The first-order valence-corrected chi connectivity index (χ1v) is 6.32. The summed E-state index contributed by atoms with van der Waals surface area (Å²) in [5.74, 6) is -0.112. The van der Waals surface area contributed by atoms with Crippen molar-refractivity contribution in [1.29, 1.82) is 0 Å². The highest BCUT2D eigenvalue weighted by atomic mass is 16.2. The summed E-state index contributed by atoms with van der Waals surface area (Å²) in [4.78, 5) is 23.1. The molecule has 0 aliphatic heterocycles. The van der Waals surface area contributed by atoms with Crippen LogP contribution in [0.15, 0.2) is 0 Å². The van der Waals surface area contributed by atoms with Crippen LogP contribution < -0.4 is 16.0 Å². The largest absolute Gasteiger partial charge is 0.359 e. The highest BCUT2D eigenvalue weighted by Crippen LogP contribution is 2.13. The van der Waals surface area contributed by atoms with Crippen molar-refractivity contribution in [2.45, 2.75) is 46.6 Å². The molecule has 0 spiro atoms. The van der Waals surface area contributed by atoms with Gasteiger partial charge in [0.15, 0.2) is 0 Å². The Hall–Kier alpha value is -1.10. The van der Waals surface area contributed by atoms with E-state index in [0.29, 0.717) is 19.5 Å². The minimum absolute atomic E-state index is 0.0155. The van der Waals surface area contributed by atoms with Gasteiger partial charge in [0.05, 0.1) is 5.41 Å². The molecule has 3 N–H and O–H groups in total. The van der Waals surface area contributed by atoms with Crippen molar-refractivity contribution in [3.8, 4) is 0 Å². The second-order valence-electron chi connectivity index (χ2n) is 6.17. The monoisotopic (exact) mass is 257 g/mol. The molecule has 5 nitrogen and oxygen atoms in total. The van der Waals surface area contributed by atoms with E-state index in [1.165, 1.54) is 0 Å². The SMILES string of the molecule is CNC(=O)C(C)(C)CNC(=O)CCNC(C)(C)C. The number of carbonyl (C=O) groups excluding carboxylic acids is 2. The molecule has 0 atom stereocenters. The molecule has 0 bridgehead atoms. The van der Waals surface area contributed by atoms with Gasteiger partial charge in [0.1, 0.15) is 0 Å². The Morgan fingerprint density at radius 2 is 1.61 bits per heavy atom. The van der Waals surface area contributed by atoms with Gasteiger partial charge >= 0.3 is 0 Å². The molecule has 106 valence electrons. The average Bonchev–Trinajstić information content (AvgIpc) is 2.23. The number of amides is 2. The number of nitrogens with one attached hydrogen (secondary N) is 3. The van der Waals surface area contributed by atoms with E-state index >= 15 is 0 Å². The van der Waals surface area contributed by atoms with Crippen molar-refractivity contribution in [3.63, 3.8) is 0 Å². The Balaban J connectivity index is 3.94. The summed E-state index contributed by atoms with van der Waals surface area (Å²) in [6.07, 6.45) is 0.418. The first-order chi connectivity index (χ1) is 8.08. The molecule has 0 aliphatic rings. The molecule has 0 aromatic carbocycles. The molecule has 5 heteroatoms. The second kappa shape index (κ2) is 6.73. The van der Waals surface area contributed by atoms with E-state index in [-0.39, 0.29) is 17.4 Å². The summed E-state index contributed by atoms with van der Waals surface area (Å²) in [6.45, 7) is 10.8. The van der Waals surface area contributed by atoms with Gasteiger partial charge in [0.2, 0.25) is 11.8 Å². The Labute approximate surface area is 110 Å². The number of carbonyl (C=O) groups is 2. The van der Waals surface area contributed by atoms with E-state index in [2.05, 4.69) is 36.7 Å². The van der Waals surface area contributed by atoms with Crippen LogP contribution in [0.3, 0.4) is 0 Å². The molecule has 18 heavy (non-hydrogen) atoms. The lowest BCUT2D eigenvalue weighted by atomic mass is 9.92. The van der Waals surface area contributed by atoms with E-state index in [4.69, 9.17) is 0 Å². The molecule has 0 saturated carbocycles. The van der Waals surface area contributed by atoms with Crippen molar-refractivity contribution in [2.75, 3.05) is 20.1 Å². The van der Waals surface area contributed by atoms with Gasteiger partial charge in [-0.15, -0.1) is 0 Å². The van der Waals surface area contributed by atoms with Crippen molar-refractivity contribution in [2.24, 2.45) is 5.41 Å². The van der Waals surface area contributed by atoms with E-state index in [9.17, 15) is 9.59 Å². The predicted octanol–water partition coefficient (Wildman–Crippen LogP) is 0.653. The molecule has 0 aromatic rings. The molecule has 0 aliphatic carbocycles. The van der Waals surface area contributed by atoms with Crippen LogP contribution in [0.4, 0.5) is 0 Å². The van der Waals surface area contributed by atoms with Crippen LogP contribution in [0.2, 0.25) is 0 Å². The maximum atomic E-state index is 11.6. The fourth-order valence-electron chi connectivity index (χ4n) is 1.38. The summed E-state index contributed by atoms with van der Waals surface area (Å²) in [5, 5.41) is 8.62. The molecule has 2 amide bonds. The predicted molar refractivity (Wildman–Crippen MR) is 73.2 cm³/mol.